The van der Waals surface area contributed by atoms with E-state index in [2.05, 4.69) is 10.5 Å². The number of methoxy groups -OCH3 is 2. The average Bonchev–Trinajstić information content (AvgIpc) is 2.83. The topological polar surface area (TPSA) is 106 Å². The maximum atomic E-state index is 12.3. The summed E-state index contributed by atoms with van der Waals surface area (Å²) in [6, 6.07) is 18.5. The van der Waals surface area contributed by atoms with Gasteiger partial charge < -0.3 is 19.3 Å². The predicted molar refractivity (Wildman–Crippen MR) is 119 cm³/mol. The van der Waals surface area contributed by atoms with Gasteiger partial charge in [-0.2, -0.15) is 5.10 Å². The largest absolute Gasteiger partial charge is 0.496 e. The van der Waals surface area contributed by atoms with Gasteiger partial charge in [-0.05, 0) is 53.6 Å². The summed E-state index contributed by atoms with van der Waals surface area (Å²) in [7, 11) is 3.02. The molecule has 32 heavy (non-hydrogen) atoms. The number of benzene rings is 3. The third-order valence-corrected chi connectivity index (χ3v) is 4.51. The second-order valence-corrected chi connectivity index (χ2v) is 6.60. The number of hydrogen-bond donors (Lipinski definition) is 2. The van der Waals surface area contributed by atoms with E-state index in [0.717, 1.165) is 5.56 Å². The van der Waals surface area contributed by atoms with Gasteiger partial charge in [0, 0.05) is 0 Å². The molecule has 0 fully saturated rings. The van der Waals surface area contributed by atoms with Crippen LogP contribution >= 0.6 is 0 Å². The molecule has 2 N–H and O–H groups in total. The summed E-state index contributed by atoms with van der Waals surface area (Å²) in [5.74, 6) is 0.105. The molecule has 0 aliphatic carbocycles. The number of nitrogens with zero attached hydrogens (tertiary/aromatic N) is 1. The quantitative estimate of drug-likeness (QED) is 0.393. The van der Waals surface area contributed by atoms with Gasteiger partial charge in [0.2, 0.25) is 0 Å². The molecule has 0 aliphatic heterocycles. The molecule has 164 valence electrons. The monoisotopic (exact) mass is 434 g/mol. The van der Waals surface area contributed by atoms with Crippen molar-refractivity contribution in [1.82, 2.24) is 5.43 Å². The van der Waals surface area contributed by atoms with Gasteiger partial charge in [0.05, 0.1) is 31.6 Å². The number of carbonyl (C=O) groups is 2. The van der Waals surface area contributed by atoms with E-state index < -0.39 is 5.97 Å². The molecule has 1 amide bonds. The fraction of sp³-hybridized carbons (Fsp3) is 0.125. The second-order valence-electron chi connectivity index (χ2n) is 6.60. The number of hydrazone groups is 1. The van der Waals surface area contributed by atoms with Crippen LogP contribution in [-0.4, -0.2) is 37.4 Å². The Hall–Kier alpha value is -4.33. The molecule has 0 atom stereocenters. The van der Waals surface area contributed by atoms with Crippen LogP contribution in [-0.2, 0) is 6.61 Å². The Balaban J connectivity index is 1.63. The first-order valence-corrected chi connectivity index (χ1v) is 9.61. The molecule has 0 radical (unpaired) electrons. The van der Waals surface area contributed by atoms with Crippen LogP contribution < -0.4 is 19.6 Å². The molecule has 0 saturated carbocycles. The number of amides is 1. The summed E-state index contributed by atoms with van der Waals surface area (Å²) >= 11 is 0. The van der Waals surface area contributed by atoms with Crippen molar-refractivity contribution in [3.8, 4) is 17.2 Å². The van der Waals surface area contributed by atoms with Crippen LogP contribution in [0.3, 0.4) is 0 Å². The van der Waals surface area contributed by atoms with Crippen LogP contribution in [0.15, 0.2) is 71.8 Å². The lowest BCUT2D eigenvalue weighted by molar-refractivity contribution is 0.0696. The van der Waals surface area contributed by atoms with Gasteiger partial charge in [-0.3, -0.25) is 4.79 Å². The normalized spacial score (nSPS) is 10.6. The van der Waals surface area contributed by atoms with Crippen molar-refractivity contribution >= 4 is 18.1 Å². The minimum Gasteiger partial charge on any atom is -0.496 e. The molecule has 3 rings (SSSR count). The summed E-state index contributed by atoms with van der Waals surface area (Å²) in [6.07, 6.45) is 1.49. The van der Waals surface area contributed by atoms with Gasteiger partial charge in [-0.25, -0.2) is 10.2 Å². The van der Waals surface area contributed by atoms with Crippen molar-refractivity contribution < 1.29 is 28.9 Å². The summed E-state index contributed by atoms with van der Waals surface area (Å²) in [5, 5.41) is 13.0. The van der Waals surface area contributed by atoms with Crippen molar-refractivity contribution in [2.24, 2.45) is 5.10 Å². The van der Waals surface area contributed by atoms with E-state index >= 15 is 0 Å². The zero-order chi connectivity index (χ0) is 22.9. The van der Waals surface area contributed by atoms with Gasteiger partial charge in [0.1, 0.15) is 12.4 Å². The van der Waals surface area contributed by atoms with E-state index in [-0.39, 0.29) is 18.1 Å². The fourth-order valence-corrected chi connectivity index (χ4v) is 2.85. The number of hydrogen-bond acceptors (Lipinski definition) is 6. The molecule has 0 unspecified atom stereocenters. The van der Waals surface area contributed by atoms with Crippen LogP contribution in [0.5, 0.6) is 17.2 Å². The van der Waals surface area contributed by atoms with E-state index in [0.29, 0.717) is 28.4 Å². The van der Waals surface area contributed by atoms with Crippen molar-refractivity contribution in [3.05, 3.63) is 89.0 Å². The van der Waals surface area contributed by atoms with Crippen LogP contribution in [0, 0.1) is 0 Å². The van der Waals surface area contributed by atoms with Crippen LogP contribution in [0.2, 0.25) is 0 Å². The van der Waals surface area contributed by atoms with Crippen molar-refractivity contribution in [2.45, 2.75) is 6.61 Å². The van der Waals surface area contributed by atoms with Crippen LogP contribution in [0.1, 0.15) is 31.8 Å². The first kappa shape index (κ1) is 22.4. The van der Waals surface area contributed by atoms with Crippen molar-refractivity contribution in [1.29, 1.82) is 0 Å². The Morgan fingerprint density at radius 2 is 1.66 bits per heavy atom. The van der Waals surface area contributed by atoms with E-state index in [1.807, 2.05) is 0 Å². The predicted octanol–water partition coefficient (Wildman–Crippen LogP) is 3.74. The third-order valence-electron chi connectivity index (χ3n) is 4.51. The second kappa shape index (κ2) is 10.6. The van der Waals surface area contributed by atoms with E-state index in [1.54, 1.807) is 54.6 Å². The number of rotatable bonds is 9. The maximum absolute atomic E-state index is 12.3. The molecule has 8 nitrogen and oxygen atoms in total. The summed E-state index contributed by atoms with van der Waals surface area (Å²) in [4.78, 5) is 23.2. The number of carboxylic acid groups (broad SMARTS) is 1. The van der Waals surface area contributed by atoms with Gasteiger partial charge in [-0.15, -0.1) is 0 Å². The SMILES string of the molecule is COc1cc(/C=N\NC(=O)c2ccccc2OC)ccc1OCc1ccc(C(=O)O)cc1. The molecule has 3 aromatic rings. The minimum atomic E-state index is -0.976. The zero-order valence-electron chi connectivity index (χ0n) is 17.6. The van der Waals surface area contributed by atoms with Crippen LogP contribution in [0.4, 0.5) is 0 Å². The summed E-state index contributed by atoms with van der Waals surface area (Å²) in [6.45, 7) is 0.249. The Labute approximate surface area is 185 Å². The number of ether oxygens (including phenoxy) is 3. The molecular weight excluding hydrogens is 412 g/mol. The fourth-order valence-electron chi connectivity index (χ4n) is 2.85. The van der Waals surface area contributed by atoms with Gasteiger partial charge in [0.15, 0.2) is 11.5 Å². The number of aromatic carboxylic acids is 1. The molecule has 0 bridgehead atoms. The van der Waals surface area contributed by atoms with Crippen LogP contribution in [0.25, 0.3) is 0 Å². The number of carboxylic acids is 1. The lowest BCUT2D eigenvalue weighted by Crippen LogP contribution is -2.18. The smallest absolute Gasteiger partial charge is 0.335 e. The third kappa shape index (κ3) is 5.63. The molecule has 0 aromatic heterocycles. The highest BCUT2D eigenvalue weighted by atomic mass is 16.5. The van der Waals surface area contributed by atoms with Crippen molar-refractivity contribution in [2.75, 3.05) is 14.2 Å². The summed E-state index contributed by atoms with van der Waals surface area (Å²) in [5.41, 5.74) is 4.58. The maximum Gasteiger partial charge on any atom is 0.335 e. The standard InChI is InChI=1S/C24H22N2O6/c1-30-20-6-4-3-5-19(20)23(27)26-25-14-17-9-12-21(22(13-17)31-2)32-15-16-7-10-18(11-8-16)24(28)29/h3-14H,15H2,1-2H3,(H,26,27)(H,28,29)/b25-14-. The first-order chi connectivity index (χ1) is 15.5. The molecule has 3 aromatic carbocycles. The molecule has 0 heterocycles. The number of para-hydroxylation sites is 1. The van der Waals surface area contributed by atoms with E-state index in [4.69, 9.17) is 19.3 Å². The average molecular weight is 434 g/mol. The highest BCUT2D eigenvalue weighted by Gasteiger charge is 2.10. The van der Waals surface area contributed by atoms with Crippen molar-refractivity contribution in [3.63, 3.8) is 0 Å². The Kier molecular flexibility index (Phi) is 7.42. The number of nitrogens with one attached hydrogen (secondary N) is 1. The molecule has 0 spiro atoms. The zero-order valence-corrected chi connectivity index (χ0v) is 17.6. The molecule has 8 heteroatoms. The highest BCUT2D eigenvalue weighted by molar-refractivity contribution is 5.97. The minimum absolute atomic E-state index is 0.216. The van der Waals surface area contributed by atoms with Gasteiger partial charge >= 0.3 is 5.97 Å². The lowest BCUT2D eigenvalue weighted by atomic mass is 10.1. The highest BCUT2D eigenvalue weighted by Crippen LogP contribution is 2.28. The Morgan fingerprint density at radius 1 is 0.938 bits per heavy atom. The van der Waals surface area contributed by atoms with Gasteiger partial charge in [0.25, 0.3) is 5.91 Å². The Bertz CT molecular complexity index is 1130. The first-order valence-electron chi connectivity index (χ1n) is 9.61. The summed E-state index contributed by atoms with van der Waals surface area (Å²) < 4.78 is 16.4. The van der Waals surface area contributed by atoms with E-state index in [1.165, 1.54) is 32.6 Å². The van der Waals surface area contributed by atoms with E-state index in [9.17, 15) is 9.59 Å². The molecular formula is C24H22N2O6. The molecule has 0 saturated heterocycles. The molecule has 0 aliphatic rings. The lowest BCUT2D eigenvalue weighted by Gasteiger charge is -2.11. The number of carbonyl (C=O) groups excluding carboxylic acids is 1. The Morgan fingerprint density at radius 3 is 2.34 bits per heavy atom. The van der Waals surface area contributed by atoms with Gasteiger partial charge in [-0.1, -0.05) is 24.3 Å².